The molecule has 2 N–H and O–H groups in total. The van der Waals surface area contributed by atoms with E-state index in [4.69, 9.17) is 0 Å². The molecule has 3 aromatic rings. The second kappa shape index (κ2) is 7.52. The summed E-state index contributed by atoms with van der Waals surface area (Å²) >= 11 is 0. The Morgan fingerprint density at radius 3 is 2.88 bits per heavy atom. The van der Waals surface area contributed by atoms with Crippen molar-refractivity contribution < 1.29 is 9.18 Å². The Balaban J connectivity index is 1.57. The Bertz CT molecular complexity index is 865. The zero-order chi connectivity index (χ0) is 17.6. The molecular weight excluding hydrogens is 323 g/mol. The molecule has 1 heterocycles. The van der Waals surface area contributed by atoms with E-state index < -0.39 is 0 Å². The van der Waals surface area contributed by atoms with Crippen LogP contribution in [-0.4, -0.2) is 32.8 Å². The zero-order valence-corrected chi connectivity index (χ0v) is 13.6. The molecule has 3 rings (SSSR count). The number of anilines is 1. The van der Waals surface area contributed by atoms with Gasteiger partial charge in [-0.2, -0.15) is 0 Å². The SMILES string of the molecule is Cc1ccc(NC(=O)NCCc2cccc(F)c2)cc1-n1cnnn1. The lowest BCUT2D eigenvalue weighted by Crippen LogP contribution is -2.30. The largest absolute Gasteiger partial charge is 0.338 e. The third kappa shape index (κ3) is 4.37. The minimum absolute atomic E-state index is 0.281. The molecule has 25 heavy (non-hydrogen) atoms. The van der Waals surface area contributed by atoms with Crippen molar-refractivity contribution in [3.8, 4) is 5.69 Å². The van der Waals surface area contributed by atoms with Gasteiger partial charge in [0, 0.05) is 12.2 Å². The number of benzene rings is 2. The number of rotatable bonds is 5. The Labute approximate surface area is 143 Å². The Hall–Kier alpha value is -3.29. The van der Waals surface area contributed by atoms with Crippen LogP contribution in [0.15, 0.2) is 48.8 Å². The maximum atomic E-state index is 13.1. The fourth-order valence-corrected chi connectivity index (χ4v) is 2.39. The van der Waals surface area contributed by atoms with E-state index in [9.17, 15) is 9.18 Å². The maximum absolute atomic E-state index is 13.1. The van der Waals surface area contributed by atoms with Crippen LogP contribution < -0.4 is 10.6 Å². The molecule has 0 radical (unpaired) electrons. The van der Waals surface area contributed by atoms with E-state index >= 15 is 0 Å². The lowest BCUT2D eigenvalue weighted by Gasteiger charge is -2.10. The molecule has 7 nitrogen and oxygen atoms in total. The quantitative estimate of drug-likeness (QED) is 0.747. The Morgan fingerprint density at radius 2 is 2.12 bits per heavy atom. The molecule has 0 bridgehead atoms. The summed E-state index contributed by atoms with van der Waals surface area (Å²) < 4.78 is 14.6. The molecule has 0 saturated carbocycles. The van der Waals surface area contributed by atoms with Crippen molar-refractivity contribution in [3.63, 3.8) is 0 Å². The summed E-state index contributed by atoms with van der Waals surface area (Å²) in [7, 11) is 0. The number of carbonyl (C=O) groups is 1. The van der Waals surface area contributed by atoms with E-state index in [1.165, 1.54) is 23.1 Å². The number of aromatic nitrogens is 4. The topological polar surface area (TPSA) is 84.7 Å². The molecule has 1 aromatic heterocycles. The molecule has 8 heteroatoms. The smallest absolute Gasteiger partial charge is 0.319 e. The van der Waals surface area contributed by atoms with Crippen molar-refractivity contribution in [1.29, 1.82) is 0 Å². The van der Waals surface area contributed by atoms with Crippen LogP contribution >= 0.6 is 0 Å². The number of nitrogens with zero attached hydrogens (tertiary/aromatic N) is 4. The molecule has 0 spiro atoms. The number of tetrazole rings is 1. The minimum Gasteiger partial charge on any atom is -0.338 e. The van der Waals surface area contributed by atoms with Gasteiger partial charge < -0.3 is 10.6 Å². The van der Waals surface area contributed by atoms with Crippen molar-refractivity contribution >= 4 is 11.7 Å². The van der Waals surface area contributed by atoms with Crippen LogP contribution in [0.3, 0.4) is 0 Å². The Morgan fingerprint density at radius 1 is 1.24 bits per heavy atom. The van der Waals surface area contributed by atoms with Crippen LogP contribution in [0.2, 0.25) is 0 Å². The number of urea groups is 1. The molecule has 0 aliphatic rings. The fourth-order valence-electron chi connectivity index (χ4n) is 2.39. The second-order valence-corrected chi connectivity index (χ2v) is 5.52. The average Bonchev–Trinajstić information content (AvgIpc) is 3.11. The molecule has 0 unspecified atom stereocenters. The monoisotopic (exact) mass is 340 g/mol. The number of carbonyl (C=O) groups excluding carboxylic acids is 1. The molecule has 0 saturated heterocycles. The van der Waals surface area contributed by atoms with Gasteiger partial charge in [-0.15, -0.1) is 5.10 Å². The van der Waals surface area contributed by atoms with E-state index in [0.29, 0.717) is 18.7 Å². The summed E-state index contributed by atoms with van der Waals surface area (Å²) in [6.45, 7) is 2.33. The summed E-state index contributed by atoms with van der Waals surface area (Å²) in [5, 5.41) is 16.6. The van der Waals surface area contributed by atoms with Gasteiger partial charge in [0.2, 0.25) is 0 Å². The summed E-state index contributed by atoms with van der Waals surface area (Å²) in [6.07, 6.45) is 2.04. The maximum Gasteiger partial charge on any atom is 0.319 e. The number of amides is 2. The van der Waals surface area contributed by atoms with Crippen LogP contribution in [0.1, 0.15) is 11.1 Å². The number of aryl methyl sites for hydroxylation is 1. The molecule has 128 valence electrons. The molecule has 2 amide bonds. The van der Waals surface area contributed by atoms with Crippen LogP contribution in [-0.2, 0) is 6.42 Å². The van der Waals surface area contributed by atoms with Gasteiger partial charge in [-0.25, -0.2) is 13.9 Å². The first-order chi connectivity index (χ1) is 12.1. The standard InChI is InChI=1S/C17H17FN6O/c1-12-5-6-15(10-16(12)24-11-20-22-23-24)21-17(25)19-8-7-13-3-2-4-14(18)9-13/h2-6,9-11H,7-8H2,1H3,(H2,19,21,25). The van der Waals surface area contributed by atoms with Crippen LogP contribution in [0.4, 0.5) is 14.9 Å². The van der Waals surface area contributed by atoms with Gasteiger partial charge in [0.15, 0.2) is 0 Å². The fraction of sp³-hybridized carbons (Fsp3) is 0.176. The van der Waals surface area contributed by atoms with E-state index in [-0.39, 0.29) is 11.8 Å². The van der Waals surface area contributed by atoms with Crippen molar-refractivity contribution in [2.24, 2.45) is 0 Å². The summed E-state index contributed by atoms with van der Waals surface area (Å²) in [5.74, 6) is -0.281. The Kier molecular flexibility index (Phi) is 4.98. The highest BCUT2D eigenvalue weighted by Crippen LogP contribution is 2.18. The van der Waals surface area contributed by atoms with Crippen LogP contribution in [0.25, 0.3) is 5.69 Å². The summed E-state index contributed by atoms with van der Waals surface area (Å²) in [4.78, 5) is 12.0. The third-order valence-electron chi connectivity index (χ3n) is 3.65. The van der Waals surface area contributed by atoms with Crippen molar-refractivity contribution in [2.45, 2.75) is 13.3 Å². The number of nitrogens with one attached hydrogen (secondary N) is 2. The number of halogens is 1. The van der Waals surface area contributed by atoms with Crippen molar-refractivity contribution in [3.05, 3.63) is 65.7 Å². The first-order valence-electron chi connectivity index (χ1n) is 7.75. The predicted molar refractivity (Wildman–Crippen MR) is 91.0 cm³/mol. The zero-order valence-electron chi connectivity index (χ0n) is 13.6. The van der Waals surface area contributed by atoms with Crippen molar-refractivity contribution in [1.82, 2.24) is 25.5 Å². The molecule has 0 aliphatic carbocycles. The van der Waals surface area contributed by atoms with E-state index in [2.05, 4.69) is 26.2 Å². The molecule has 0 atom stereocenters. The lowest BCUT2D eigenvalue weighted by molar-refractivity contribution is 0.252. The summed E-state index contributed by atoms with van der Waals surface area (Å²) in [6, 6.07) is 11.5. The number of hydrogen-bond donors (Lipinski definition) is 2. The van der Waals surface area contributed by atoms with Gasteiger partial charge in [-0.3, -0.25) is 0 Å². The van der Waals surface area contributed by atoms with Gasteiger partial charge in [0.25, 0.3) is 0 Å². The molecular formula is C17H17FN6O. The van der Waals surface area contributed by atoms with E-state index in [1.54, 1.807) is 18.2 Å². The van der Waals surface area contributed by atoms with Crippen LogP contribution in [0.5, 0.6) is 0 Å². The lowest BCUT2D eigenvalue weighted by atomic mass is 10.1. The second-order valence-electron chi connectivity index (χ2n) is 5.52. The highest BCUT2D eigenvalue weighted by atomic mass is 19.1. The van der Waals surface area contributed by atoms with E-state index in [0.717, 1.165) is 16.8 Å². The molecule has 2 aromatic carbocycles. The first-order valence-corrected chi connectivity index (χ1v) is 7.75. The summed E-state index contributed by atoms with van der Waals surface area (Å²) in [5.41, 5.74) is 3.21. The molecule has 0 fully saturated rings. The molecule has 0 aliphatic heterocycles. The third-order valence-corrected chi connectivity index (χ3v) is 3.65. The highest BCUT2D eigenvalue weighted by molar-refractivity contribution is 5.89. The average molecular weight is 340 g/mol. The van der Waals surface area contributed by atoms with Gasteiger partial charge in [-0.1, -0.05) is 18.2 Å². The normalized spacial score (nSPS) is 10.5. The van der Waals surface area contributed by atoms with Gasteiger partial charge >= 0.3 is 6.03 Å². The predicted octanol–water partition coefficient (Wildman–Crippen LogP) is 2.47. The number of hydrogen-bond acceptors (Lipinski definition) is 4. The minimum atomic E-state index is -0.331. The van der Waals surface area contributed by atoms with Gasteiger partial charge in [-0.05, 0) is 59.2 Å². The van der Waals surface area contributed by atoms with Gasteiger partial charge in [0.1, 0.15) is 12.1 Å². The first kappa shape index (κ1) is 16.6. The van der Waals surface area contributed by atoms with E-state index in [1.807, 2.05) is 19.1 Å². The van der Waals surface area contributed by atoms with Gasteiger partial charge in [0.05, 0.1) is 5.69 Å². The highest BCUT2D eigenvalue weighted by Gasteiger charge is 2.07. The van der Waals surface area contributed by atoms with Crippen molar-refractivity contribution in [2.75, 3.05) is 11.9 Å². The van der Waals surface area contributed by atoms with Crippen LogP contribution in [0, 0.1) is 12.7 Å².